The number of ether oxygens (including phenoxy) is 1. The molecule has 1 aromatic carbocycles. The average molecular weight is 363 g/mol. The molecule has 0 bridgehead atoms. The minimum Gasteiger partial charge on any atom is -0.368 e. The van der Waals surface area contributed by atoms with Crippen LogP contribution in [0.15, 0.2) is 36.5 Å². The molecule has 1 unspecified atom stereocenters. The molecule has 0 saturated carbocycles. The Kier molecular flexibility index (Phi) is 4.99. The fourth-order valence-corrected chi connectivity index (χ4v) is 3.53. The molecule has 2 aliphatic heterocycles. The smallest absolute Gasteiger partial charge is 0.254 e. The van der Waals surface area contributed by atoms with Crippen molar-refractivity contribution in [1.29, 1.82) is 5.26 Å². The van der Waals surface area contributed by atoms with Crippen molar-refractivity contribution in [3.05, 3.63) is 53.3 Å². The van der Waals surface area contributed by atoms with Crippen molar-refractivity contribution >= 4 is 11.9 Å². The molecule has 1 atom stereocenters. The molecule has 2 aromatic rings. The standard InChI is InChI=1S/C20H21N5O2/c21-13-15-4-3-5-16(12-15)19(26)25-10-11-27-18(14-25)17-6-7-22-20(23-17)24-8-1-2-9-24/h3-7,12,18H,1-2,8-11,14H2. The number of aromatic nitrogens is 2. The maximum Gasteiger partial charge on any atom is 0.254 e. The van der Waals surface area contributed by atoms with Gasteiger partial charge in [-0.2, -0.15) is 5.26 Å². The van der Waals surface area contributed by atoms with Crippen LogP contribution < -0.4 is 4.90 Å². The molecule has 7 heteroatoms. The number of nitriles is 1. The van der Waals surface area contributed by atoms with Gasteiger partial charge in [0.1, 0.15) is 6.10 Å². The number of morpholine rings is 1. The van der Waals surface area contributed by atoms with Gasteiger partial charge in [0.25, 0.3) is 5.91 Å². The Bertz CT molecular complexity index is 873. The Balaban J connectivity index is 1.50. The van der Waals surface area contributed by atoms with Gasteiger partial charge in [0.2, 0.25) is 5.95 Å². The number of hydrogen-bond donors (Lipinski definition) is 0. The van der Waals surface area contributed by atoms with Crippen molar-refractivity contribution in [1.82, 2.24) is 14.9 Å². The van der Waals surface area contributed by atoms with Crippen LogP contribution in [-0.4, -0.2) is 53.6 Å². The van der Waals surface area contributed by atoms with Crippen LogP contribution in [0.4, 0.5) is 5.95 Å². The fraction of sp³-hybridized carbons (Fsp3) is 0.400. The number of benzene rings is 1. The van der Waals surface area contributed by atoms with Crippen LogP contribution in [0, 0.1) is 11.3 Å². The molecule has 7 nitrogen and oxygen atoms in total. The van der Waals surface area contributed by atoms with E-state index in [9.17, 15) is 4.79 Å². The number of hydrogen-bond acceptors (Lipinski definition) is 6. The molecular formula is C20H21N5O2. The van der Waals surface area contributed by atoms with E-state index < -0.39 is 0 Å². The number of carbonyl (C=O) groups excluding carboxylic acids is 1. The van der Waals surface area contributed by atoms with Gasteiger partial charge in [-0.05, 0) is 37.1 Å². The summed E-state index contributed by atoms with van der Waals surface area (Å²) in [5, 5.41) is 9.05. The summed E-state index contributed by atoms with van der Waals surface area (Å²) >= 11 is 0. The first-order valence-corrected chi connectivity index (χ1v) is 9.23. The van der Waals surface area contributed by atoms with Crippen LogP contribution >= 0.6 is 0 Å². The van der Waals surface area contributed by atoms with Gasteiger partial charge >= 0.3 is 0 Å². The lowest BCUT2D eigenvalue weighted by molar-refractivity contribution is -0.0247. The molecule has 1 aromatic heterocycles. The largest absolute Gasteiger partial charge is 0.368 e. The first-order valence-electron chi connectivity index (χ1n) is 9.23. The Morgan fingerprint density at radius 1 is 1.22 bits per heavy atom. The first kappa shape index (κ1) is 17.4. The molecule has 2 aliphatic rings. The Labute approximate surface area is 158 Å². The summed E-state index contributed by atoms with van der Waals surface area (Å²) in [6.45, 7) is 3.38. The van der Waals surface area contributed by atoms with E-state index in [1.165, 1.54) is 0 Å². The van der Waals surface area contributed by atoms with Crippen LogP contribution in [0.25, 0.3) is 0 Å². The summed E-state index contributed by atoms with van der Waals surface area (Å²) in [4.78, 5) is 25.9. The maximum atomic E-state index is 12.8. The topological polar surface area (TPSA) is 82.3 Å². The van der Waals surface area contributed by atoms with Gasteiger partial charge in [-0.3, -0.25) is 4.79 Å². The van der Waals surface area contributed by atoms with Crippen molar-refractivity contribution < 1.29 is 9.53 Å². The van der Waals surface area contributed by atoms with E-state index >= 15 is 0 Å². The third-order valence-corrected chi connectivity index (χ3v) is 4.98. The quantitative estimate of drug-likeness (QED) is 0.831. The minimum absolute atomic E-state index is 0.0887. The van der Waals surface area contributed by atoms with Crippen LogP contribution in [0.5, 0.6) is 0 Å². The third-order valence-electron chi connectivity index (χ3n) is 4.98. The molecular weight excluding hydrogens is 342 g/mol. The van der Waals surface area contributed by atoms with E-state index in [0.29, 0.717) is 30.8 Å². The molecule has 4 rings (SSSR count). The van der Waals surface area contributed by atoms with E-state index in [1.54, 1.807) is 35.4 Å². The summed E-state index contributed by atoms with van der Waals surface area (Å²) < 4.78 is 5.89. The summed E-state index contributed by atoms with van der Waals surface area (Å²) in [5.74, 6) is 0.646. The predicted octanol–water partition coefficient (Wildman–Crippen LogP) is 2.16. The molecule has 0 radical (unpaired) electrons. The van der Waals surface area contributed by atoms with E-state index in [1.807, 2.05) is 6.07 Å². The average Bonchev–Trinajstić information content (AvgIpc) is 3.28. The number of carbonyl (C=O) groups is 1. The second-order valence-electron chi connectivity index (χ2n) is 6.78. The summed E-state index contributed by atoms with van der Waals surface area (Å²) in [6, 6.07) is 10.7. The van der Waals surface area contributed by atoms with Gasteiger partial charge < -0.3 is 14.5 Å². The van der Waals surface area contributed by atoms with Gasteiger partial charge in [0, 0.05) is 31.4 Å². The summed E-state index contributed by atoms with van der Waals surface area (Å²) in [5.41, 5.74) is 1.81. The lowest BCUT2D eigenvalue weighted by Crippen LogP contribution is -2.42. The van der Waals surface area contributed by atoms with Crippen LogP contribution in [0.3, 0.4) is 0 Å². The summed E-state index contributed by atoms with van der Waals surface area (Å²) in [6.07, 6.45) is 3.82. The predicted molar refractivity (Wildman–Crippen MR) is 99.2 cm³/mol. The van der Waals surface area contributed by atoms with Crippen molar-refractivity contribution in [3.8, 4) is 6.07 Å². The number of anilines is 1. The van der Waals surface area contributed by atoms with Crippen LogP contribution in [0.2, 0.25) is 0 Å². The van der Waals surface area contributed by atoms with Crippen molar-refractivity contribution in [3.63, 3.8) is 0 Å². The SMILES string of the molecule is N#Cc1cccc(C(=O)N2CCOC(c3ccnc(N4CCCC4)n3)C2)c1. The molecule has 2 fully saturated rings. The monoisotopic (exact) mass is 363 g/mol. The number of rotatable bonds is 3. The van der Waals surface area contributed by atoms with Gasteiger partial charge in [-0.25, -0.2) is 9.97 Å². The molecule has 0 spiro atoms. The molecule has 2 saturated heterocycles. The van der Waals surface area contributed by atoms with Crippen molar-refractivity contribution in [2.24, 2.45) is 0 Å². The molecule has 138 valence electrons. The Morgan fingerprint density at radius 2 is 2.07 bits per heavy atom. The second-order valence-corrected chi connectivity index (χ2v) is 6.78. The fourth-order valence-electron chi connectivity index (χ4n) is 3.53. The highest BCUT2D eigenvalue weighted by molar-refractivity contribution is 5.94. The minimum atomic E-state index is -0.272. The Morgan fingerprint density at radius 3 is 2.89 bits per heavy atom. The van der Waals surface area contributed by atoms with Crippen molar-refractivity contribution in [2.45, 2.75) is 18.9 Å². The van der Waals surface area contributed by atoms with E-state index in [4.69, 9.17) is 10.00 Å². The third kappa shape index (κ3) is 3.76. The molecule has 1 amide bonds. The molecule has 27 heavy (non-hydrogen) atoms. The number of nitrogens with zero attached hydrogens (tertiary/aromatic N) is 5. The lowest BCUT2D eigenvalue weighted by atomic mass is 10.1. The van der Waals surface area contributed by atoms with E-state index in [-0.39, 0.29) is 12.0 Å². The van der Waals surface area contributed by atoms with Crippen LogP contribution in [-0.2, 0) is 4.74 Å². The van der Waals surface area contributed by atoms with Gasteiger partial charge in [0.15, 0.2) is 0 Å². The zero-order chi connectivity index (χ0) is 18.6. The van der Waals surface area contributed by atoms with Gasteiger partial charge in [-0.1, -0.05) is 6.07 Å². The molecule has 3 heterocycles. The first-order chi connectivity index (χ1) is 13.2. The molecule has 0 N–H and O–H groups in total. The molecule has 0 aliphatic carbocycles. The zero-order valence-electron chi connectivity index (χ0n) is 15.0. The van der Waals surface area contributed by atoms with Gasteiger partial charge in [0.05, 0.1) is 30.5 Å². The van der Waals surface area contributed by atoms with E-state index in [2.05, 4.69) is 20.9 Å². The van der Waals surface area contributed by atoms with E-state index in [0.717, 1.165) is 37.6 Å². The highest BCUT2D eigenvalue weighted by atomic mass is 16.5. The number of amides is 1. The van der Waals surface area contributed by atoms with Crippen LogP contribution in [0.1, 0.15) is 40.6 Å². The lowest BCUT2D eigenvalue weighted by Gasteiger charge is -2.33. The zero-order valence-corrected chi connectivity index (χ0v) is 15.0. The highest BCUT2D eigenvalue weighted by Gasteiger charge is 2.28. The van der Waals surface area contributed by atoms with Crippen molar-refractivity contribution in [2.75, 3.05) is 37.7 Å². The Hall–Kier alpha value is -2.98. The highest BCUT2D eigenvalue weighted by Crippen LogP contribution is 2.24. The second kappa shape index (κ2) is 7.72. The summed E-state index contributed by atoms with van der Waals surface area (Å²) in [7, 11) is 0. The normalized spacial score (nSPS) is 19.7. The maximum absolute atomic E-state index is 12.8. The van der Waals surface area contributed by atoms with Gasteiger partial charge in [-0.15, -0.1) is 0 Å².